The summed E-state index contributed by atoms with van der Waals surface area (Å²) in [5, 5.41) is 43.3. The van der Waals surface area contributed by atoms with E-state index in [1.54, 1.807) is 0 Å². The van der Waals surface area contributed by atoms with E-state index in [2.05, 4.69) is 10.6 Å². The molecule has 0 saturated heterocycles. The van der Waals surface area contributed by atoms with Crippen LogP contribution in [0.15, 0.2) is 35.7 Å². The van der Waals surface area contributed by atoms with E-state index in [4.69, 9.17) is 10.2 Å². The van der Waals surface area contributed by atoms with Crippen LogP contribution < -0.4 is 10.6 Å². The maximum atomic E-state index is 13.2. The third kappa shape index (κ3) is 5.41. The van der Waals surface area contributed by atoms with E-state index in [9.17, 15) is 39.0 Å². The number of rotatable bonds is 8. The largest absolute Gasteiger partial charge is 0.505 e. The average molecular weight is 689 g/mol. The molecule has 0 unspecified atom stereocenters. The average Bonchev–Trinajstić information content (AvgIpc) is 3.84. The third-order valence-electron chi connectivity index (χ3n) is 11.1. The SMILES string of the molecule is O=C(O)CNC(=O)C1=C(O)c2c(C3CC3)ccn2C2(CCCC2)C1=O.O=C(O)CNC(=O)C1=C(O)c2cc(C3CC3)cn2C2(CCCC2)C1=O. The molecule has 8 rings (SSSR count). The molecule has 4 aliphatic carbocycles. The number of nitrogens with zero attached hydrogens (tertiary/aromatic N) is 2. The van der Waals surface area contributed by atoms with Crippen LogP contribution in [-0.4, -0.2) is 78.0 Å². The molecular weight excluding hydrogens is 648 g/mol. The number of fused-ring (bicyclic) bond motifs is 4. The van der Waals surface area contributed by atoms with Crippen molar-refractivity contribution in [1.82, 2.24) is 19.8 Å². The number of carboxylic acid groups (broad SMARTS) is 2. The second-order valence-corrected chi connectivity index (χ2v) is 14.3. The molecule has 4 fully saturated rings. The highest BCUT2D eigenvalue weighted by Gasteiger charge is 2.53. The predicted molar refractivity (Wildman–Crippen MR) is 176 cm³/mol. The molecule has 50 heavy (non-hydrogen) atoms. The van der Waals surface area contributed by atoms with Gasteiger partial charge in [-0.3, -0.25) is 28.8 Å². The lowest BCUT2D eigenvalue weighted by molar-refractivity contribution is -0.138. The van der Waals surface area contributed by atoms with E-state index in [1.165, 1.54) is 0 Å². The normalized spacial score (nSPS) is 21.5. The van der Waals surface area contributed by atoms with E-state index in [-0.39, 0.29) is 22.7 Å². The molecule has 2 aromatic rings. The minimum absolute atomic E-state index is 0.295. The Morgan fingerprint density at radius 1 is 0.720 bits per heavy atom. The van der Waals surface area contributed by atoms with Crippen molar-refractivity contribution in [1.29, 1.82) is 0 Å². The number of Topliss-reactive ketones (excluding diaryl/α,β-unsaturated/α-hetero) is 2. The van der Waals surface area contributed by atoms with Gasteiger partial charge < -0.3 is 40.2 Å². The molecule has 2 spiro atoms. The van der Waals surface area contributed by atoms with Gasteiger partial charge in [-0.2, -0.15) is 0 Å². The number of aliphatic carboxylic acids is 2. The van der Waals surface area contributed by atoms with Crippen molar-refractivity contribution < 1.29 is 49.2 Å². The molecule has 4 heterocycles. The number of carbonyl (C=O) groups is 6. The lowest BCUT2D eigenvalue weighted by Gasteiger charge is -2.36. The zero-order chi connectivity index (χ0) is 35.5. The maximum absolute atomic E-state index is 13.2. The second-order valence-electron chi connectivity index (χ2n) is 14.3. The monoisotopic (exact) mass is 688 g/mol. The summed E-state index contributed by atoms with van der Waals surface area (Å²) >= 11 is 0. The number of hydrogen-bond donors (Lipinski definition) is 6. The Hall–Kier alpha value is -5.14. The highest BCUT2D eigenvalue weighted by atomic mass is 16.4. The minimum Gasteiger partial charge on any atom is -0.505 e. The Morgan fingerprint density at radius 2 is 1.20 bits per heavy atom. The first-order valence-corrected chi connectivity index (χ1v) is 17.3. The summed E-state index contributed by atoms with van der Waals surface area (Å²) < 4.78 is 3.72. The van der Waals surface area contributed by atoms with Crippen LogP contribution in [0.2, 0.25) is 0 Å². The molecule has 0 atom stereocenters. The fraction of sp³-hybridized carbons (Fsp3) is 0.500. The van der Waals surface area contributed by atoms with Crippen LogP contribution in [0.4, 0.5) is 0 Å². The predicted octanol–water partition coefficient (Wildman–Crippen LogP) is 3.37. The van der Waals surface area contributed by atoms with Gasteiger partial charge in [-0.1, -0.05) is 25.7 Å². The van der Waals surface area contributed by atoms with E-state index in [0.29, 0.717) is 48.9 Å². The number of ketones is 2. The molecule has 0 bridgehead atoms. The van der Waals surface area contributed by atoms with Gasteiger partial charge in [0.2, 0.25) is 0 Å². The molecule has 0 radical (unpaired) electrons. The lowest BCUT2D eigenvalue weighted by Crippen LogP contribution is -2.47. The van der Waals surface area contributed by atoms with Crippen LogP contribution in [0.1, 0.15) is 111 Å². The topological polar surface area (TPSA) is 217 Å². The number of amides is 2. The molecule has 4 saturated carbocycles. The smallest absolute Gasteiger partial charge is 0.322 e. The highest BCUT2D eigenvalue weighted by Crippen LogP contribution is 2.51. The molecule has 2 amide bonds. The minimum atomic E-state index is -1.20. The zero-order valence-corrected chi connectivity index (χ0v) is 27.5. The number of aliphatic hydroxyl groups is 2. The number of hydrogen-bond acceptors (Lipinski definition) is 8. The molecule has 6 aliphatic rings. The first-order valence-electron chi connectivity index (χ1n) is 17.3. The Labute approximate surface area is 286 Å². The molecule has 264 valence electrons. The van der Waals surface area contributed by atoms with Crippen molar-refractivity contribution in [3.63, 3.8) is 0 Å². The Balaban J connectivity index is 0.000000157. The van der Waals surface area contributed by atoms with Gasteiger partial charge in [0.15, 0.2) is 23.1 Å². The maximum Gasteiger partial charge on any atom is 0.322 e. The van der Waals surface area contributed by atoms with Crippen molar-refractivity contribution in [2.24, 2.45) is 0 Å². The summed E-state index contributed by atoms with van der Waals surface area (Å²) in [6.07, 6.45) is 14.1. The fourth-order valence-corrected chi connectivity index (χ4v) is 8.35. The summed E-state index contributed by atoms with van der Waals surface area (Å²) in [5.41, 5.74) is 0.850. The van der Waals surface area contributed by atoms with Gasteiger partial charge in [-0.05, 0) is 86.5 Å². The fourth-order valence-electron chi connectivity index (χ4n) is 8.35. The third-order valence-corrected chi connectivity index (χ3v) is 11.1. The second kappa shape index (κ2) is 12.3. The molecule has 6 N–H and O–H groups in total. The molecule has 0 aromatic carbocycles. The Kier molecular flexibility index (Phi) is 8.22. The van der Waals surface area contributed by atoms with Crippen LogP contribution in [-0.2, 0) is 39.8 Å². The van der Waals surface area contributed by atoms with Crippen molar-refractivity contribution in [3.05, 3.63) is 58.2 Å². The summed E-state index contributed by atoms with van der Waals surface area (Å²) in [5.74, 6) is -4.71. The quantitative estimate of drug-likeness (QED) is 0.222. The van der Waals surface area contributed by atoms with E-state index < -0.39 is 59.5 Å². The van der Waals surface area contributed by atoms with Gasteiger partial charge in [0.1, 0.15) is 35.3 Å². The lowest BCUT2D eigenvalue weighted by atomic mass is 9.82. The Morgan fingerprint density at radius 3 is 1.68 bits per heavy atom. The first-order chi connectivity index (χ1) is 23.9. The van der Waals surface area contributed by atoms with Crippen LogP contribution in [0, 0.1) is 0 Å². The number of nitrogens with one attached hydrogen (secondary N) is 2. The summed E-state index contributed by atoms with van der Waals surface area (Å²) in [6, 6.07) is 3.80. The van der Waals surface area contributed by atoms with Crippen LogP contribution in [0.5, 0.6) is 0 Å². The van der Waals surface area contributed by atoms with Gasteiger partial charge in [-0.15, -0.1) is 0 Å². The van der Waals surface area contributed by atoms with Crippen molar-refractivity contribution in [3.8, 4) is 0 Å². The summed E-state index contributed by atoms with van der Waals surface area (Å²) in [4.78, 5) is 72.6. The van der Waals surface area contributed by atoms with Gasteiger partial charge >= 0.3 is 11.9 Å². The van der Waals surface area contributed by atoms with Gasteiger partial charge in [0.25, 0.3) is 11.8 Å². The van der Waals surface area contributed by atoms with Crippen molar-refractivity contribution >= 4 is 46.8 Å². The zero-order valence-electron chi connectivity index (χ0n) is 27.5. The van der Waals surface area contributed by atoms with Gasteiger partial charge in [-0.25, -0.2) is 0 Å². The van der Waals surface area contributed by atoms with Crippen LogP contribution in [0.3, 0.4) is 0 Å². The number of aromatic nitrogens is 2. The highest BCUT2D eigenvalue weighted by molar-refractivity contribution is 6.28. The molecular formula is C36H40N4O10. The van der Waals surface area contributed by atoms with E-state index in [0.717, 1.165) is 62.5 Å². The number of carbonyl (C=O) groups excluding carboxylic acids is 4. The van der Waals surface area contributed by atoms with E-state index >= 15 is 0 Å². The van der Waals surface area contributed by atoms with Gasteiger partial charge in [0.05, 0.1) is 11.4 Å². The van der Waals surface area contributed by atoms with Crippen LogP contribution >= 0.6 is 0 Å². The number of carboxylic acids is 2. The van der Waals surface area contributed by atoms with Crippen LogP contribution in [0.25, 0.3) is 11.5 Å². The molecule has 14 heteroatoms. The number of aliphatic hydroxyl groups excluding tert-OH is 2. The van der Waals surface area contributed by atoms with Gasteiger partial charge in [0, 0.05) is 12.4 Å². The Bertz CT molecular complexity index is 1880. The molecule has 14 nitrogen and oxygen atoms in total. The van der Waals surface area contributed by atoms with Crippen molar-refractivity contribution in [2.45, 2.75) is 100.0 Å². The molecule has 2 aromatic heterocycles. The molecule has 2 aliphatic heterocycles. The summed E-state index contributed by atoms with van der Waals surface area (Å²) in [6.45, 7) is -1.18. The first kappa shape index (κ1) is 33.4. The van der Waals surface area contributed by atoms with E-state index in [1.807, 2.05) is 33.7 Å². The summed E-state index contributed by atoms with van der Waals surface area (Å²) in [7, 11) is 0. The standard InChI is InChI=1S/2C18H20N2O5/c21-12(22)9-19-17(25)13-15(23)14-11(10-3-4-10)5-8-20(14)18(16(13)24)6-1-2-7-18;21-13(22)8-19-17(25)14-15(23)12-7-11(10-3-4-10)9-20(12)18(16(14)24)5-1-2-6-18/h5,8,10,23H,1-4,6-7,9H2,(H,19,25)(H,21,22);7,9-10,23H,1-6,8H2,(H,19,25)(H,21,22). The van der Waals surface area contributed by atoms with Crippen molar-refractivity contribution in [2.75, 3.05) is 13.1 Å².